The van der Waals surface area contributed by atoms with Crippen LogP contribution in [0.25, 0.3) is 0 Å². The minimum absolute atomic E-state index is 0.251. The van der Waals surface area contributed by atoms with Gasteiger partial charge in [0.15, 0.2) is 5.75 Å². The third-order valence-corrected chi connectivity index (χ3v) is 2.68. The highest BCUT2D eigenvalue weighted by Gasteiger charge is 2.32. The Bertz CT molecular complexity index is 583. The number of rotatable bonds is 6. The Morgan fingerprint density at radius 1 is 1.29 bits per heavy atom. The lowest BCUT2D eigenvalue weighted by Gasteiger charge is -2.14. The van der Waals surface area contributed by atoms with Crippen LogP contribution < -0.4 is 10.1 Å². The predicted molar refractivity (Wildman–Crippen MR) is 70.8 cm³/mol. The molecular formula is C13H15F3N4O. The second-order valence-electron chi connectivity index (χ2n) is 4.30. The number of hydrogen-bond acceptors (Lipinski definition) is 4. The molecule has 114 valence electrons. The highest BCUT2D eigenvalue weighted by atomic mass is 19.4. The van der Waals surface area contributed by atoms with Crippen LogP contribution in [0.3, 0.4) is 0 Å². The van der Waals surface area contributed by atoms with Crippen LogP contribution in [0.1, 0.15) is 19.2 Å². The van der Waals surface area contributed by atoms with E-state index >= 15 is 0 Å². The van der Waals surface area contributed by atoms with E-state index in [1.165, 1.54) is 24.5 Å². The van der Waals surface area contributed by atoms with Gasteiger partial charge in [0.05, 0.1) is 12.2 Å². The predicted octanol–water partition coefficient (Wildman–Crippen LogP) is 3.20. The first-order chi connectivity index (χ1) is 9.99. The minimum atomic E-state index is -4.72. The van der Waals surface area contributed by atoms with E-state index in [4.69, 9.17) is 0 Å². The lowest BCUT2D eigenvalue weighted by molar-refractivity contribution is -0.274. The zero-order valence-corrected chi connectivity index (χ0v) is 11.4. The summed E-state index contributed by atoms with van der Waals surface area (Å²) in [6.45, 7) is 2.97. The second-order valence-corrected chi connectivity index (χ2v) is 4.30. The van der Waals surface area contributed by atoms with Crippen LogP contribution >= 0.6 is 0 Å². The molecule has 0 saturated carbocycles. The van der Waals surface area contributed by atoms with Crippen molar-refractivity contribution in [1.29, 1.82) is 0 Å². The van der Waals surface area contributed by atoms with E-state index in [9.17, 15) is 13.2 Å². The van der Waals surface area contributed by atoms with E-state index in [0.29, 0.717) is 12.4 Å². The van der Waals surface area contributed by atoms with E-state index < -0.39 is 6.36 Å². The molecule has 0 bridgehead atoms. The van der Waals surface area contributed by atoms with Crippen LogP contribution in [0.15, 0.2) is 30.6 Å². The molecule has 1 aromatic heterocycles. The van der Waals surface area contributed by atoms with Crippen LogP contribution in [0.2, 0.25) is 0 Å². The molecule has 0 unspecified atom stereocenters. The molecule has 0 radical (unpaired) electrons. The molecule has 1 aromatic carbocycles. The maximum atomic E-state index is 12.3. The fraction of sp³-hybridized carbons (Fsp3) is 0.385. The lowest BCUT2D eigenvalue weighted by Crippen LogP contribution is -2.18. The number of para-hydroxylation sites is 2. The van der Waals surface area contributed by atoms with Crippen LogP contribution in [0, 0.1) is 0 Å². The Labute approximate surface area is 119 Å². The third kappa shape index (κ3) is 4.37. The van der Waals surface area contributed by atoms with Crippen LogP contribution in [0.4, 0.5) is 18.9 Å². The van der Waals surface area contributed by atoms with E-state index in [-0.39, 0.29) is 18.0 Å². The Balaban J connectivity index is 2.08. The average Bonchev–Trinajstić information content (AvgIpc) is 2.84. The van der Waals surface area contributed by atoms with E-state index in [2.05, 4.69) is 20.1 Å². The Morgan fingerprint density at radius 3 is 2.76 bits per heavy atom. The number of benzene rings is 1. The van der Waals surface area contributed by atoms with Gasteiger partial charge in [0.25, 0.3) is 0 Å². The van der Waals surface area contributed by atoms with E-state index in [1.807, 2.05) is 6.92 Å². The maximum absolute atomic E-state index is 12.3. The van der Waals surface area contributed by atoms with Crippen molar-refractivity contribution in [2.24, 2.45) is 0 Å². The summed E-state index contributed by atoms with van der Waals surface area (Å²) in [6.07, 6.45) is -2.41. The van der Waals surface area contributed by atoms with Crippen molar-refractivity contribution in [3.63, 3.8) is 0 Å². The number of aromatic nitrogens is 3. The topological polar surface area (TPSA) is 52.0 Å². The zero-order chi connectivity index (χ0) is 15.3. The molecule has 0 aliphatic rings. The molecule has 1 heterocycles. The van der Waals surface area contributed by atoms with Crippen LogP contribution in [0.5, 0.6) is 5.75 Å². The van der Waals surface area contributed by atoms with Crippen molar-refractivity contribution in [3.8, 4) is 5.75 Å². The number of hydrogen-bond donors (Lipinski definition) is 1. The Morgan fingerprint density at radius 2 is 2.05 bits per heavy atom. The molecule has 0 amide bonds. The second kappa shape index (κ2) is 6.47. The van der Waals surface area contributed by atoms with Crippen molar-refractivity contribution in [1.82, 2.24) is 14.8 Å². The van der Waals surface area contributed by atoms with Gasteiger partial charge >= 0.3 is 6.36 Å². The molecule has 0 aliphatic heterocycles. The van der Waals surface area contributed by atoms with Crippen molar-refractivity contribution < 1.29 is 17.9 Å². The molecule has 0 saturated heterocycles. The molecule has 1 N–H and O–H groups in total. The standard InChI is InChI=1S/C13H15F3N4O/c1-2-7-20-12(18-9-19-20)8-17-10-5-3-4-6-11(10)21-13(14,15)16/h3-6,9,17H,2,7-8H2,1H3. The Hall–Kier alpha value is -2.25. The first kappa shape index (κ1) is 15.1. The number of nitrogens with zero attached hydrogens (tertiary/aromatic N) is 3. The molecule has 8 heteroatoms. The van der Waals surface area contributed by atoms with Crippen LogP contribution in [-0.4, -0.2) is 21.1 Å². The first-order valence-corrected chi connectivity index (χ1v) is 6.45. The van der Waals surface area contributed by atoms with Gasteiger partial charge in [0.1, 0.15) is 12.2 Å². The van der Waals surface area contributed by atoms with Crippen LogP contribution in [-0.2, 0) is 13.1 Å². The van der Waals surface area contributed by atoms with Gasteiger partial charge in [-0.05, 0) is 18.6 Å². The van der Waals surface area contributed by atoms with Gasteiger partial charge in [-0.15, -0.1) is 13.2 Å². The third-order valence-electron chi connectivity index (χ3n) is 2.68. The average molecular weight is 300 g/mol. The molecule has 0 fully saturated rings. The highest BCUT2D eigenvalue weighted by Crippen LogP contribution is 2.30. The van der Waals surface area contributed by atoms with Gasteiger partial charge in [-0.2, -0.15) is 5.10 Å². The number of anilines is 1. The molecule has 2 rings (SSSR count). The quantitative estimate of drug-likeness (QED) is 0.890. The van der Waals surface area contributed by atoms with Crippen molar-refractivity contribution in [3.05, 3.63) is 36.4 Å². The van der Waals surface area contributed by atoms with Gasteiger partial charge in [-0.25, -0.2) is 9.67 Å². The smallest absolute Gasteiger partial charge is 0.404 e. The number of ether oxygens (including phenoxy) is 1. The van der Waals surface area contributed by atoms with Gasteiger partial charge in [0.2, 0.25) is 0 Å². The van der Waals surface area contributed by atoms with Gasteiger partial charge < -0.3 is 10.1 Å². The summed E-state index contributed by atoms with van der Waals surface area (Å²) in [6, 6.07) is 5.88. The van der Waals surface area contributed by atoms with Gasteiger partial charge in [0, 0.05) is 6.54 Å². The summed E-state index contributed by atoms with van der Waals surface area (Å²) in [5.74, 6) is 0.380. The summed E-state index contributed by atoms with van der Waals surface area (Å²) >= 11 is 0. The summed E-state index contributed by atoms with van der Waals surface area (Å²) in [4.78, 5) is 4.08. The summed E-state index contributed by atoms with van der Waals surface area (Å²) in [7, 11) is 0. The molecule has 2 aromatic rings. The number of alkyl halides is 3. The molecule has 0 atom stereocenters. The van der Waals surface area contributed by atoms with Crippen molar-refractivity contribution >= 4 is 5.69 Å². The largest absolute Gasteiger partial charge is 0.573 e. The first-order valence-electron chi connectivity index (χ1n) is 6.45. The molecule has 5 nitrogen and oxygen atoms in total. The van der Waals surface area contributed by atoms with Crippen molar-refractivity contribution in [2.45, 2.75) is 32.8 Å². The SMILES string of the molecule is CCCn1ncnc1CNc1ccccc1OC(F)(F)F. The molecule has 0 aliphatic carbocycles. The minimum Gasteiger partial charge on any atom is -0.404 e. The fourth-order valence-corrected chi connectivity index (χ4v) is 1.82. The summed E-state index contributed by atoms with van der Waals surface area (Å²) < 4.78 is 42.7. The zero-order valence-electron chi connectivity index (χ0n) is 11.4. The highest BCUT2D eigenvalue weighted by molar-refractivity contribution is 5.56. The van der Waals surface area contributed by atoms with Gasteiger partial charge in [-0.1, -0.05) is 19.1 Å². The normalized spacial score (nSPS) is 11.4. The fourth-order valence-electron chi connectivity index (χ4n) is 1.82. The molecule has 0 spiro atoms. The monoisotopic (exact) mass is 300 g/mol. The lowest BCUT2D eigenvalue weighted by atomic mass is 10.3. The summed E-state index contributed by atoms with van der Waals surface area (Å²) in [5, 5.41) is 6.94. The number of nitrogens with one attached hydrogen (secondary N) is 1. The molecular weight excluding hydrogens is 285 g/mol. The van der Waals surface area contributed by atoms with Gasteiger partial charge in [-0.3, -0.25) is 0 Å². The maximum Gasteiger partial charge on any atom is 0.573 e. The molecule has 21 heavy (non-hydrogen) atoms. The van der Waals surface area contributed by atoms with E-state index in [1.54, 1.807) is 10.7 Å². The summed E-state index contributed by atoms with van der Waals surface area (Å²) in [5.41, 5.74) is 0.251. The van der Waals surface area contributed by atoms with E-state index in [0.717, 1.165) is 6.42 Å². The van der Waals surface area contributed by atoms with Crippen molar-refractivity contribution in [2.75, 3.05) is 5.32 Å². The number of aryl methyl sites for hydroxylation is 1. The Kier molecular flexibility index (Phi) is 4.66. The number of halogens is 3.